The maximum Gasteiger partial charge on any atom is 0.120 e. The van der Waals surface area contributed by atoms with Crippen LogP contribution in [0.4, 0.5) is 0 Å². The van der Waals surface area contributed by atoms with Crippen LogP contribution in [0, 0.1) is 13.8 Å². The summed E-state index contributed by atoms with van der Waals surface area (Å²) in [5.74, 6) is 0.889. The fourth-order valence-electron chi connectivity index (χ4n) is 1.76. The minimum absolute atomic E-state index is 0.0474. The zero-order valence-electron chi connectivity index (χ0n) is 9.95. The molecule has 0 amide bonds. The van der Waals surface area contributed by atoms with Crippen LogP contribution in [0.25, 0.3) is 0 Å². The molecule has 0 heterocycles. The highest BCUT2D eigenvalue weighted by Crippen LogP contribution is 2.18. The third-order valence-electron chi connectivity index (χ3n) is 2.21. The van der Waals surface area contributed by atoms with Gasteiger partial charge in [-0.1, -0.05) is 6.07 Å². The lowest BCUT2D eigenvalue weighted by molar-refractivity contribution is 0.115. The predicted molar refractivity (Wildman–Crippen MR) is 62.3 cm³/mol. The SMILES string of the molecule is Cc1cc(C)cc(OC(C)CC(C)O)c1. The van der Waals surface area contributed by atoms with Crippen LogP contribution in [-0.2, 0) is 0 Å². The van der Waals surface area contributed by atoms with Crippen molar-refractivity contribution in [1.29, 1.82) is 0 Å². The quantitative estimate of drug-likeness (QED) is 0.824. The number of aryl methyl sites for hydroxylation is 2. The lowest BCUT2D eigenvalue weighted by atomic mass is 10.1. The van der Waals surface area contributed by atoms with Gasteiger partial charge < -0.3 is 9.84 Å². The molecule has 0 aliphatic carbocycles. The van der Waals surface area contributed by atoms with Crippen molar-refractivity contribution in [3.8, 4) is 5.75 Å². The number of hydrogen-bond donors (Lipinski definition) is 1. The van der Waals surface area contributed by atoms with Crippen LogP contribution in [-0.4, -0.2) is 17.3 Å². The Bertz CT molecular complexity index is 298. The molecule has 0 bridgehead atoms. The van der Waals surface area contributed by atoms with Crippen LogP contribution in [0.2, 0.25) is 0 Å². The van der Waals surface area contributed by atoms with E-state index in [1.54, 1.807) is 6.92 Å². The van der Waals surface area contributed by atoms with E-state index in [9.17, 15) is 5.11 Å². The second-order valence-electron chi connectivity index (χ2n) is 4.34. The fraction of sp³-hybridized carbons (Fsp3) is 0.538. The van der Waals surface area contributed by atoms with Crippen LogP contribution in [0.5, 0.6) is 5.75 Å². The van der Waals surface area contributed by atoms with Gasteiger partial charge in [0.2, 0.25) is 0 Å². The Morgan fingerprint density at radius 1 is 1.13 bits per heavy atom. The van der Waals surface area contributed by atoms with E-state index < -0.39 is 0 Å². The van der Waals surface area contributed by atoms with Gasteiger partial charge in [-0.3, -0.25) is 0 Å². The number of ether oxygens (including phenoxy) is 1. The molecule has 2 atom stereocenters. The number of hydrogen-bond acceptors (Lipinski definition) is 2. The topological polar surface area (TPSA) is 29.5 Å². The zero-order valence-corrected chi connectivity index (χ0v) is 9.95. The first kappa shape index (κ1) is 12.1. The fourth-order valence-corrected chi connectivity index (χ4v) is 1.76. The normalized spacial score (nSPS) is 14.7. The molecule has 0 saturated heterocycles. The third-order valence-corrected chi connectivity index (χ3v) is 2.21. The molecule has 0 radical (unpaired) electrons. The average molecular weight is 208 g/mol. The summed E-state index contributed by atoms with van der Waals surface area (Å²) >= 11 is 0. The van der Waals surface area contributed by atoms with Crippen LogP contribution < -0.4 is 4.74 Å². The molecule has 1 aromatic carbocycles. The Hall–Kier alpha value is -1.02. The molecule has 84 valence electrons. The summed E-state index contributed by atoms with van der Waals surface area (Å²) in [6.45, 7) is 7.87. The highest BCUT2D eigenvalue weighted by molar-refractivity contribution is 5.33. The number of rotatable bonds is 4. The molecule has 0 spiro atoms. The molecular weight excluding hydrogens is 188 g/mol. The van der Waals surface area contributed by atoms with Gasteiger partial charge >= 0.3 is 0 Å². The molecule has 2 unspecified atom stereocenters. The smallest absolute Gasteiger partial charge is 0.120 e. The number of aliphatic hydroxyl groups is 1. The summed E-state index contributed by atoms with van der Waals surface area (Å²) in [5.41, 5.74) is 2.41. The highest BCUT2D eigenvalue weighted by Gasteiger charge is 2.08. The number of benzene rings is 1. The van der Waals surface area contributed by atoms with E-state index in [1.165, 1.54) is 11.1 Å². The monoisotopic (exact) mass is 208 g/mol. The molecule has 15 heavy (non-hydrogen) atoms. The maximum absolute atomic E-state index is 9.23. The Kier molecular flexibility index (Phi) is 4.15. The average Bonchev–Trinajstić information content (AvgIpc) is 1.98. The van der Waals surface area contributed by atoms with Crippen molar-refractivity contribution in [3.05, 3.63) is 29.3 Å². The van der Waals surface area contributed by atoms with Crippen molar-refractivity contribution in [2.24, 2.45) is 0 Å². The van der Waals surface area contributed by atoms with E-state index in [4.69, 9.17) is 4.74 Å². The van der Waals surface area contributed by atoms with Crippen molar-refractivity contribution in [3.63, 3.8) is 0 Å². The van der Waals surface area contributed by atoms with E-state index in [1.807, 2.05) is 19.1 Å². The summed E-state index contributed by atoms with van der Waals surface area (Å²) in [7, 11) is 0. The van der Waals surface area contributed by atoms with Crippen molar-refractivity contribution in [1.82, 2.24) is 0 Å². The zero-order chi connectivity index (χ0) is 11.4. The summed E-state index contributed by atoms with van der Waals surface area (Å²) in [6, 6.07) is 6.16. The minimum atomic E-state index is -0.314. The lowest BCUT2D eigenvalue weighted by Gasteiger charge is -2.16. The van der Waals surface area contributed by atoms with Crippen LogP contribution in [0.1, 0.15) is 31.4 Å². The Morgan fingerprint density at radius 3 is 2.13 bits per heavy atom. The van der Waals surface area contributed by atoms with Crippen LogP contribution in [0.15, 0.2) is 18.2 Å². The first-order valence-electron chi connectivity index (χ1n) is 5.40. The lowest BCUT2D eigenvalue weighted by Crippen LogP contribution is -2.18. The van der Waals surface area contributed by atoms with Crippen molar-refractivity contribution in [2.75, 3.05) is 0 Å². The van der Waals surface area contributed by atoms with Gasteiger partial charge in [0.25, 0.3) is 0 Å². The van der Waals surface area contributed by atoms with Crippen LogP contribution >= 0.6 is 0 Å². The second-order valence-corrected chi connectivity index (χ2v) is 4.34. The molecular formula is C13H20O2. The minimum Gasteiger partial charge on any atom is -0.491 e. The van der Waals surface area contributed by atoms with Gasteiger partial charge in [0.15, 0.2) is 0 Å². The summed E-state index contributed by atoms with van der Waals surface area (Å²) in [5, 5.41) is 9.23. The van der Waals surface area contributed by atoms with Gasteiger partial charge in [-0.25, -0.2) is 0 Å². The molecule has 2 heteroatoms. The Morgan fingerprint density at radius 2 is 1.67 bits per heavy atom. The molecule has 0 fully saturated rings. The standard InChI is InChI=1S/C13H20O2/c1-9-5-10(2)7-13(6-9)15-12(4)8-11(3)14/h5-7,11-12,14H,8H2,1-4H3. The Labute approximate surface area is 91.9 Å². The second kappa shape index (κ2) is 5.17. The summed E-state index contributed by atoms with van der Waals surface area (Å²) in [4.78, 5) is 0. The van der Waals surface area contributed by atoms with E-state index in [-0.39, 0.29) is 12.2 Å². The molecule has 1 rings (SSSR count). The van der Waals surface area contributed by atoms with Gasteiger partial charge in [0, 0.05) is 6.42 Å². The van der Waals surface area contributed by atoms with E-state index in [0.717, 1.165) is 5.75 Å². The first-order valence-corrected chi connectivity index (χ1v) is 5.40. The maximum atomic E-state index is 9.23. The van der Waals surface area contributed by atoms with Crippen molar-refractivity contribution in [2.45, 2.75) is 46.3 Å². The van der Waals surface area contributed by atoms with Gasteiger partial charge in [0.1, 0.15) is 5.75 Å². The molecule has 0 aliphatic rings. The molecule has 0 saturated carbocycles. The Balaban J connectivity index is 2.63. The molecule has 0 aromatic heterocycles. The van der Waals surface area contributed by atoms with Gasteiger partial charge in [0.05, 0.1) is 12.2 Å². The molecule has 0 aliphatic heterocycles. The van der Waals surface area contributed by atoms with E-state index in [2.05, 4.69) is 19.9 Å². The van der Waals surface area contributed by atoms with Crippen molar-refractivity contribution >= 4 is 0 Å². The first-order chi connectivity index (χ1) is 6.97. The molecule has 2 nitrogen and oxygen atoms in total. The largest absolute Gasteiger partial charge is 0.491 e. The third kappa shape index (κ3) is 4.34. The van der Waals surface area contributed by atoms with Crippen LogP contribution in [0.3, 0.4) is 0 Å². The summed E-state index contributed by atoms with van der Waals surface area (Å²) in [6.07, 6.45) is 0.393. The van der Waals surface area contributed by atoms with E-state index >= 15 is 0 Å². The number of aliphatic hydroxyl groups excluding tert-OH is 1. The van der Waals surface area contributed by atoms with Gasteiger partial charge in [-0.05, 0) is 51.0 Å². The summed E-state index contributed by atoms with van der Waals surface area (Å²) < 4.78 is 5.73. The predicted octanol–water partition coefficient (Wildman–Crippen LogP) is 2.84. The van der Waals surface area contributed by atoms with E-state index in [0.29, 0.717) is 6.42 Å². The van der Waals surface area contributed by atoms with Gasteiger partial charge in [-0.15, -0.1) is 0 Å². The molecule has 1 aromatic rings. The van der Waals surface area contributed by atoms with Gasteiger partial charge in [-0.2, -0.15) is 0 Å². The van der Waals surface area contributed by atoms with Crippen molar-refractivity contribution < 1.29 is 9.84 Å². The highest BCUT2D eigenvalue weighted by atomic mass is 16.5. The molecule has 1 N–H and O–H groups in total.